The minimum atomic E-state index is -0.952. The highest BCUT2D eigenvalue weighted by Crippen LogP contribution is 2.30. The normalized spacial score (nSPS) is 16.4. The summed E-state index contributed by atoms with van der Waals surface area (Å²) in [6.45, 7) is 6.18. The van der Waals surface area contributed by atoms with E-state index >= 15 is 0 Å². The van der Waals surface area contributed by atoms with E-state index in [-0.39, 0.29) is 36.3 Å². The van der Waals surface area contributed by atoms with E-state index in [4.69, 9.17) is 13.9 Å². The van der Waals surface area contributed by atoms with Gasteiger partial charge in [-0.3, -0.25) is 4.79 Å². The summed E-state index contributed by atoms with van der Waals surface area (Å²) >= 11 is 0. The fourth-order valence-electron chi connectivity index (χ4n) is 4.02. The molecule has 0 radical (unpaired) electrons. The van der Waals surface area contributed by atoms with Crippen LogP contribution in [0, 0.1) is 18.6 Å². The summed E-state index contributed by atoms with van der Waals surface area (Å²) in [5, 5.41) is 3.52. The summed E-state index contributed by atoms with van der Waals surface area (Å²) in [7, 11) is 0. The third kappa shape index (κ3) is 5.39. The van der Waals surface area contributed by atoms with Crippen LogP contribution in [0.3, 0.4) is 0 Å². The van der Waals surface area contributed by atoms with Crippen molar-refractivity contribution in [2.75, 3.05) is 13.1 Å². The Kier molecular flexibility index (Phi) is 7.23. The van der Waals surface area contributed by atoms with E-state index in [1.165, 1.54) is 12.1 Å². The Bertz CT molecular complexity index is 1240. The zero-order valence-corrected chi connectivity index (χ0v) is 19.9. The predicted octanol–water partition coefficient (Wildman–Crippen LogP) is 5.34. The van der Waals surface area contributed by atoms with Crippen LogP contribution in [-0.4, -0.2) is 42.1 Å². The molecule has 0 bridgehead atoms. The summed E-state index contributed by atoms with van der Waals surface area (Å²) in [5.41, 5.74) is 0.953. The van der Waals surface area contributed by atoms with Crippen molar-refractivity contribution in [2.24, 2.45) is 0 Å². The molecule has 1 fully saturated rings. The lowest BCUT2D eigenvalue weighted by Crippen LogP contribution is -2.39. The number of aryl methyl sites for hydroxylation is 1. The number of halogens is 2. The summed E-state index contributed by atoms with van der Waals surface area (Å²) < 4.78 is 44.1. The highest BCUT2D eigenvalue weighted by atomic mass is 19.2. The maximum absolute atomic E-state index is 13.9. The molecule has 1 saturated heterocycles. The van der Waals surface area contributed by atoms with Crippen LogP contribution in [0.1, 0.15) is 48.4 Å². The number of carbonyl (C=O) groups is 2. The molecular formula is C26H28F2N2O5. The molecule has 4 rings (SSSR count). The molecule has 0 spiro atoms. The molecule has 1 aliphatic heterocycles. The standard InChI is InChI=1S/C26H28F2N2O5/c1-4-15(2)34-26(32)30-11-10-18(13-30)29-25(31)23-16(3)35-22-9-8-19(12-20(22)23)33-14-17-6-5-7-21(27)24(17)28/h5-9,12,15,18H,4,10-11,13-14H2,1-3H3,(H,29,31). The number of hydrogen-bond donors (Lipinski definition) is 1. The molecule has 1 aliphatic rings. The van der Waals surface area contributed by atoms with Gasteiger partial charge in [-0.2, -0.15) is 0 Å². The molecule has 0 saturated carbocycles. The largest absolute Gasteiger partial charge is 0.489 e. The van der Waals surface area contributed by atoms with E-state index in [1.807, 2.05) is 13.8 Å². The van der Waals surface area contributed by atoms with Gasteiger partial charge in [0.2, 0.25) is 0 Å². The second-order valence-corrected chi connectivity index (χ2v) is 8.70. The Labute approximate surface area is 202 Å². The van der Waals surface area contributed by atoms with Crippen molar-refractivity contribution in [1.82, 2.24) is 10.2 Å². The van der Waals surface area contributed by atoms with E-state index in [0.717, 1.165) is 12.5 Å². The Hall–Kier alpha value is -3.62. The van der Waals surface area contributed by atoms with Gasteiger partial charge in [0.25, 0.3) is 5.91 Å². The van der Waals surface area contributed by atoms with Crippen LogP contribution in [0.2, 0.25) is 0 Å². The van der Waals surface area contributed by atoms with Gasteiger partial charge in [-0.05, 0) is 51.0 Å². The van der Waals surface area contributed by atoms with Crippen LogP contribution >= 0.6 is 0 Å². The Morgan fingerprint density at radius 2 is 2.06 bits per heavy atom. The van der Waals surface area contributed by atoms with Gasteiger partial charge in [-0.25, -0.2) is 13.6 Å². The molecule has 1 aromatic heterocycles. The molecule has 186 valence electrons. The van der Waals surface area contributed by atoms with Crippen LogP contribution in [-0.2, 0) is 11.3 Å². The lowest BCUT2D eigenvalue weighted by molar-refractivity contribution is 0.0735. The number of benzene rings is 2. The maximum atomic E-state index is 13.9. The zero-order valence-electron chi connectivity index (χ0n) is 19.9. The predicted molar refractivity (Wildman–Crippen MR) is 125 cm³/mol. The third-order valence-electron chi connectivity index (χ3n) is 6.15. The molecule has 2 aromatic carbocycles. The number of carbonyl (C=O) groups excluding carboxylic acids is 2. The van der Waals surface area contributed by atoms with Gasteiger partial charge in [0.05, 0.1) is 5.56 Å². The molecule has 0 aliphatic carbocycles. The second kappa shape index (κ2) is 10.3. The first-order chi connectivity index (χ1) is 16.8. The van der Waals surface area contributed by atoms with Gasteiger partial charge in [0.15, 0.2) is 11.6 Å². The highest BCUT2D eigenvalue weighted by Gasteiger charge is 2.30. The lowest BCUT2D eigenvalue weighted by Gasteiger charge is -2.19. The number of hydrogen-bond acceptors (Lipinski definition) is 5. The first kappa shape index (κ1) is 24.5. The molecule has 9 heteroatoms. The van der Waals surface area contributed by atoms with Crippen molar-refractivity contribution in [2.45, 2.75) is 52.4 Å². The Morgan fingerprint density at radius 1 is 1.26 bits per heavy atom. The van der Waals surface area contributed by atoms with Gasteiger partial charge in [-0.1, -0.05) is 19.1 Å². The third-order valence-corrected chi connectivity index (χ3v) is 6.15. The van der Waals surface area contributed by atoms with Gasteiger partial charge < -0.3 is 24.1 Å². The molecular weight excluding hydrogens is 458 g/mol. The van der Waals surface area contributed by atoms with Crippen LogP contribution in [0.15, 0.2) is 40.8 Å². The summed E-state index contributed by atoms with van der Waals surface area (Å²) in [6.07, 6.45) is 0.807. The van der Waals surface area contributed by atoms with Crippen LogP contribution in [0.25, 0.3) is 11.0 Å². The molecule has 1 N–H and O–H groups in total. The molecule has 2 amide bonds. The van der Waals surface area contributed by atoms with Gasteiger partial charge in [0, 0.05) is 30.1 Å². The topological polar surface area (TPSA) is 81.0 Å². The summed E-state index contributed by atoms with van der Waals surface area (Å²) in [6, 6.07) is 8.63. The Morgan fingerprint density at radius 3 is 2.83 bits per heavy atom. The van der Waals surface area contributed by atoms with Crippen molar-refractivity contribution < 1.29 is 32.3 Å². The minimum Gasteiger partial charge on any atom is -0.489 e. The molecule has 2 heterocycles. The van der Waals surface area contributed by atoms with Crippen molar-refractivity contribution in [1.29, 1.82) is 0 Å². The van der Waals surface area contributed by atoms with E-state index in [2.05, 4.69) is 5.32 Å². The summed E-state index contributed by atoms with van der Waals surface area (Å²) in [4.78, 5) is 27.0. The second-order valence-electron chi connectivity index (χ2n) is 8.70. The first-order valence-corrected chi connectivity index (χ1v) is 11.6. The fourth-order valence-corrected chi connectivity index (χ4v) is 4.02. The lowest BCUT2D eigenvalue weighted by atomic mass is 10.1. The van der Waals surface area contributed by atoms with E-state index in [0.29, 0.717) is 47.6 Å². The van der Waals surface area contributed by atoms with E-state index in [1.54, 1.807) is 30.0 Å². The van der Waals surface area contributed by atoms with Crippen molar-refractivity contribution >= 4 is 23.0 Å². The number of likely N-dealkylation sites (tertiary alicyclic amines) is 1. The van der Waals surface area contributed by atoms with E-state index < -0.39 is 11.6 Å². The first-order valence-electron chi connectivity index (χ1n) is 11.6. The monoisotopic (exact) mass is 486 g/mol. The van der Waals surface area contributed by atoms with Crippen LogP contribution < -0.4 is 10.1 Å². The number of nitrogens with zero attached hydrogens (tertiary/aromatic N) is 1. The average Bonchev–Trinajstić information content (AvgIpc) is 3.43. The van der Waals surface area contributed by atoms with Crippen LogP contribution in [0.4, 0.5) is 13.6 Å². The van der Waals surface area contributed by atoms with Crippen molar-refractivity contribution in [3.05, 3.63) is 64.9 Å². The van der Waals surface area contributed by atoms with E-state index in [9.17, 15) is 18.4 Å². The van der Waals surface area contributed by atoms with Gasteiger partial charge in [-0.15, -0.1) is 0 Å². The van der Waals surface area contributed by atoms with Crippen molar-refractivity contribution in [3.8, 4) is 5.75 Å². The zero-order chi connectivity index (χ0) is 25.1. The number of amides is 2. The average molecular weight is 487 g/mol. The number of nitrogens with one attached hydrogen (secondary N) is 1. The molecule has 35 heavy (non-hydrogen) atoms. The Balaban J connectivity index is 1.45. The SMILES string of the molecule is CCC(C)OC(=O)N1CCC(NC(=O)c2c(C)oc3ccc(OCc4cccc(F)c4F)cc23)C1. The van der Waals surface area contributed by atoms with Gasteiger partial charge >= 0.3 is 6.09 Å². The van der Waals surface area contributed by atoms with Crippen molar-refractivity contribution in [3.63, 3.8) is 0 Å². The van der Waals surface area contributed by atoms with Gasteiger partial charge in [0.1, 0.15) is 29.8 Å². The quantitative estimate of drug-likeness (QED) is 0.488. The fraction of sp³-hybridized carbons (Fsp3) is 0.385. The number of fused-ring (bicyclic) bond motifs is 1. The maximum Gasteiger partial charge on any atom is 0.410 e. The molecule has 2 unspecified atom stereocenters. The van der Waals surface area contributed by atoms with Crippen LogP contribution in [0.5, 0.6) is 5.75 Å². The molecule has 3 aromatic rings. The smallest absolute Gasteiger partial charge is 0.410 e. The number of rotatable bonds is 7. The molecule has 7 nitrogen and oxygen atoms in total. The number of ether oxygens (including phenoxy) is 2. The summed E-state index contributed by atoms with van der Waals surface area (Å²) in [5.74, 6) is -1.39. The minimum absolute atomic E-state index is 0.0871. The number of furan rings is 1. The molecule has 2 atom stereocenters. The highest BCUT2D eigenvalue weighted by molar-refractivity contribution is 6.07.